The van der Waals surface area contributed by atoms with Gasteiger partial charge in [0.15, 0.2) is 11.5 Å². The van der Waals surface area contributed by atoms with Gasteiger partial charge < -0.3 is 10.1 Å². The number of ether oxygens (including phenoxy) is 1. The molecule has 1 heterocycles. The van der Waals surface area contributed by atoms with Gasteiger partial charge in [0.25, 0.3) is 5.91 Å². The highest BCUT2D eigenvalue weighted by molar-refractivity contribution is 9.10. The molecule has 0 aliphatic carbocycles. The van der Waals surface area contributed by atoms with Crippen molar-refractivity contribution < 1.29 is 14.3 Å². The second-order valence-corrected chi connectivity index (χ2v) is 8.14. The minimum absolute atomic E-state index is 0.105. The quantitative estimate of drug-likeness (QED) is 0.521. The van der Waals surface area contributed by atoms with Crippen molar-refractivity contribution >= 4 is 39.5 Å². The number of para-hydroxylation sites is 2. The van der Waals surface area contributed by atoms with Crippen LogP contribution in [0, 0.1) is 0 Å². The Morgan fingerprint density at radius 2 is 1.81 bits per heavy atom. The molecule has 0 saturated carbocycles. The van der Waals surface area contributed by atoms with Crippen LogP contribution in [-0.2, 0) is 9.59 Å². The van der Waals surface area contributed by atoms with E-state index in [1.165, 1.54) is 4.90 Å². The predicted molar refractivity (Wildman–Crippen MR) is 125 cm³/mol. The third kappa shape index (κ3) is 4.86. The maximum Gasteiger partial charge on any atom is 0.294 e. The fourth-order valence-corrected chi connectivity index (χ4v) is 3.84. The highest BCUT2D eigenvalue weighted by atomic mass is 79.9. The number of carbonyl (C=O) groups excluding carboxylic acids is 2. The van der Waals surface area contributed by atoms with E-state index in [-0.39, 0.29) is 30.2 Å². The summed E-state index contributed by atoms with van der Waals surface area (Å²) in [4.78, 5) is 27.5. The monoisotopic (exact) mass is 476 g/mol. The van der Waals surface area contributed by atoms with Gasteiger partial charge in [0.2, 0.25) is 5.91 Å². The van der Waals surface area contributed by atoms with Gasteiger partial charge in [-0.25, -0.2) is 0 Å². The standard InChI is InChI=1S/C25H21BrN2O3/c1-17(19-9-3-2-4-10-19)27-24(29)16-28-21-12-5-6-13-22(21)31-23(25(28)30)15-18-8-7-11-20(26)14-18/h2-15,17H,16H2,1H3,(H,27,29). The van der Waals surface area contributed by atoms with Crippen molar-refractivity contribution in [1.82, 2.24) is 5.32 Å². The maximum atomic E-state index is 13.2. The zero-order chi connectivity index (χ0) is 21.8. The van der Waals surface area contributed by atoms with Gasteiger partial charge in [-0.05, 0) is 48.4 Å². The van der Waals surface area contributed by atoms with Crippen LogP contribution in [0.2, 0.25) is 0 Å². The van der Waals surface area contributed by atoms with Crippen LogP contribution in [0.5, 0.6) is 5.75 Å². The molecule has 0 spiro atoms. The number of hydrogen-bond donors (Lipinski definition) is 1. The summed E-state index contributed by atoms with van der Waals surface area (Å²) < 4.78 is 6.77. The van der Waals surface area contributed by atoms with Crippen LogP contribution >= 0.6 is 15.9 Å². The third-order valence-electron chi connectivity index (χ3n) is 4.96. The van der Waals surface area contributed by atoms with Crippen LogP contribution in [-0.4, -0.2) is 18.4 Å². The molecule has 5 nitrogen and oxygen atoms in total. The summed E-state index contributed by atoms with van der Waals surface area (Å²) in [6.45, 7) is 1.81. The Hall–Kier alpha value is -3.38. The number of carbonyl (C=O) groups is 2. The van der Waals surface area contributed by atoms with Crippen LogP contribution in [0.4, 0.5) is 5.69 Å². The fraction of sp³-hybridized carbons (Fsp3) is 0.120. The van der Waals surface area contributed by atoms with Gasteiger partial charge in [0.1, 0.15) is 6.54 Å². The summed E-state index contributed by atoms with van der Waals surface area (Å²) in [6, 6.07) is 24.3. The molecular weight excluding hydrogens is 456 g/mol. The first kappa shape index (κ1) is 20.9. The molecule has 1 atom stereocenters. The van der Waals surface area contributed by atoms with E-state index in [1.807, 2.05) is 73.7 Å². The highest BCUT2D eigenvalue weighted by Crippen LogP contribution is 2.35. The Balaban J connectivity index is 1.58. The van der Waals surface area contributed by atoms with E-state index in [0.717, 1.165) is 15.6 Å². The van der Waals surface area contributed by atoms with Gasteiger partial charge in [0.05, 0.1) is 11.7 Å². The Kier molecular flexibility index (Phi) is 6.18. The summed E-state index contributed by atoms with van der Waals surface area (Å²) in [5.41, 5.74) is 2.39. The molecule has 1 N–H and O–H groups in total. The molecule has 1 unspecified atom stereocenters. The third-order valence-corrected chi connectivity index (χ3v) is 5.45. The fourth-order valence-electron chi connectivity index (χ4n) is 3.42. The Morgan fingerprint density at radius 1 is 1.06 bits per heavy atom. The molecule has 2 amide bonds. The van der Waals surface area contributed by atoms with Gasteiger partial charge in [0, 0.05) is 4.47 Å². The van der Waals surface area contributed by atoms with Crippen molar-refractivity contribution in [2.24, 2.45) is 0 Å². The second-order valence-electron chi connectivity index (χ2n) is 7.22. The number of nitrogens with one attached hydrogen (secondary N) is 1. The topological polar surface area (TPSA) is 58.6 Å². The number of amides is 2. The molecule has 0 fully saturated rings. The first-order valence-electron chi connectivity index (χ1n) is 9.91. The largest absolute Gasteiger partial charge is 0.449 e. The van der Waals surface area contributed by atoms with E-state index in [1.54, 1.807) is 18.2 Å². The zero-order valence-electron chi connectivity index (χ0n) is 16.9. The normalized spacial score (nSPS) is 15.2. The molecular formula is C25H21BrN2O3. The molecule has 0 bridgehead atoms. The number of benzene rings is 3. The number of nitrogens with zero attached hydrogens (tertiary/aromatic N) is 1. The predicted octanol–water partition coefficient (Wildman–Crippen LogP) is 5.09. The Bertz CT molecular complexity index is 1140. The van der Waals surface area contributed by atoms with E-state index in [9.17, 15) is 9.59 Å². The molecule has 3 aromatic rings. The van der Waals surface area contributed by atoms with E-state index < -0.39 is 0 Å². The summed E-state index contributed by atoms with van der Waals surface area (Å²) in [6.07, 6.45) is 1.68. The summed E-state index contributed by atoms with van der Waals surface area (Å²) in [5, 5.41) is 2.97. The van der Waals surface area contributed by atoms with Crippen molar-refractivity contribution in [3.63, 3.8) is 0 Å². The molecule has 156 valence electrons. The minimum Gasteiger partial charge on any atom is -0.449 e. The number of rotatable bonds is 5. The van der Waals surface area contributed by atoms with Crippen molar-refractivity contribution in [3.8, 4) is 5.75 Å². The van der Waals surface area contributed by atoms with E-state index in [4.69, 9.17) is 4.74 Å². The molecule has 31 heavy (non-hydrogen) atoms. The van der Waals surface area contributed by atoms with Crippen molar-refractivity contribution in [3.05, 3.63) is 100 Å². The highest BCUT2D eigenvalue weighted by Gasteiger charge is 2.31. The lowest BCUT2D eigenvalue weighted by molar-refractivity contribution is -0.123. The van der Waals surface area contributed by atoms with Crippen LogP contribution in [0.1, 0.15) is 24.1 Å². The Morgan fingerprint density at radius 3 is 2.58 bits per heavy atom. The summed E-state index contributed by atoms with van der Waals surface area (Å²) >= 11 is 3.44. The molecule has 3 aromatic carbocycles. The van der Waals surface area contributed by atoms with Gasteiger partial charge in [-0.15, -0.1) is 0 Å². The minimum atomic E-state index is -0.360. The molecule has 6 heteroatoms. The molecule has 0 radical (unpaired) electrons. The van der Waals surface area contributed by atoms with Gasteiger partial charge >= 0.3 is 0 Å². The van der Waals surface area contributed by atoms with Crippen molar-refractivity contribution in [2.75, 3.05) is 11.4 Å². The molecule has 1 aliphatic rings. The molecule has 4 rings (SSSR count). The van der Waals surface area contributed by atoms with Crippen molar-refractivity contribution in [2.45, 2.75) is 13.0 Å². The average molecular weight is 477 g/mol. The zero-order valence-corrected chi connectivity index (χ0v) is 18.5. The number of fused-ring (bicyclic) bond motifs is 1. The van der Waals surface area contributed by atoms with Gasteiger partial charge in [-0.3, -0.25) is 14.5 Å². The second kappa shape index (κ2) is 9.18. The van der Waals surface area contributed by atoms with Gasteiger partial charge in [-0.1, -0.05) is 70.5 Å². The number of anilines is 1. The lowest BCUT2D eigenvalue weighted by atomic mass is 10.1. The molecule has 0 saturated heterocycles. The SMILES string of the molecule is CC(NC(=O)CN1C(=O)C(=Cc2cccc(Br)c2)Oc2ccccc21)c1ccccc1. The van der Waals surface area contributed by atoms with Gasteiger partial charge in [-0.2, -0.15) is 0 Å². The number of hydrogen-bond acceptors (Lipinski definition) is 3. The Labute approximate surface area is 189 Å². The molecule has 1 aliphatic heterocycles. The lowest BCUT2D eigenvalue weighted by Crippen LogP contribution is -2.44. The van der Waals surface area contributed by atoms with E-state index in [0.29, 0.717) is 11.4 Å². The molecule has 0 aromatic heterocycles. The van der Waals surface area contributed by atoms with Crippen LogP contribution < -0.4 is 15.0 Å². The van der Waals surface area contributed by atoms with E-state index >= 15 is 0 Å². The van der Waals surface area contributed by atoms with Crippen LogP contribution in [0.3, 0.4) is 0 Å². The van der Waals surface area contributed by atoms with E-state index in [2.05, 4.69) is 21.2 Å². The van der Waals surface area contributed by atoms with Crippen LogP contribution in [0.25, 0.3) is 6.08 Å². The summed E-state index contributed by atoms with van der Waals surface area (Å²) in [5.74, 6) is 0.0948. The lowest BCUT2D eigenvalue weighted by Gasteiger charge is -2.30. The smallest absolute Gasteiger partial charge is 0.294 e. The summed E-state index contributed by atoms with van der Waals surface area (Å²) in [7, 11) is 0. The number of halogens is 1. The maximum absolute atomic E-state index is 13.2. The van der Waals surface area contributed by atoms with Crippen LogP contribution in [0.15, 0.2) is 89.1 Å². The first-order valence-corrected chi connectivity index (χ1v) is 10.7. The van der Waals surface area contributed by atoms with Crippen molar-refractivity contribution in [1.29, 1.82) is 0 Å². The average Bonchev–Trinajstić information content (AvgIpc) is 2.77. The first-order chi connectivity index (χ1) is 15.0.